The van der Waals surface area contributed by atoms with Gasteiger partial charge in [-0.3, -0.25) is 4.68 Å². The second kappa shape index (κ2) is 4.80. The van der Waals surface area contributed by atoms with E-state index >= 15 is 0 Å². The average Bonchev–Trinajstić information content (AvgIpc) is 2.59. The molecular weight excluding hydrogens is 234 g/mol. The number of aryl methyl sites for hydroxylation is 3. The van der Waals surface area contributed by atoms with Crippen molar-refractivity contribution in [3.8, 4) is 0 Å². The Morgan fingerprint density at radius 3 is 2.76 bits per heavy atom. The number of nitrogens with one attached hydrogen (secondary N) is 1. The lowest BCUT2D eigenvalue weighted by molar-refractivity contribution is 0.756. The van der Waals surface area contributed by atoms with Crippen molar-refractivity contribution >= 4 is 17.3 Å². The first-order valence-corrected chi connectivity index (χ1v) is 5.93. The summed E-state index contributed by atoms with van der Waals surface area (Å²) in [5.74, 6) is 0. The maximum atomic E-state index is 6.12. The molecule has 17 heavy (non-hydrogen) atoms. The Kier molecular flexibility index (Phi) is 3.38. The van der Waals surface area contributed by atoms with Crippen LogP contribution in [0.4, 0.5) is 5.69 Å². The quantitative estimate of drug-likeness (QED) is 0.905. The molecule has 2 aromatic rings. The highest BCUT2D eigenvalue weighted by Crippen LogP contribution is 2.23. The van der Waals surface area contributed by atoms with Gasteiger partial charge in [-0.1, -0.05) is 17.7 Å². The first kappa shape index (κ1) is 12.0. The second-order valence-electron chi connectivity index (χ2n) is 4.25. The van der Waals surface area contributed by atoms with Gasteiger partial charge in [0.05, 0.1) is 16.4 Å². The summed E-state index contributed by atoms with van der Waals surface area (Å²) in [5.41, 5.74) is 4.39. The molecule has 4 heteroatoms. The smallest absolute Gasteiger partial charge is 0.0643 e. The van der Waals surface area contributed by atoms with Gasteiger partial charge in [0, 0.05) is 25.4 Å². The van der Waals surface area contributed by atoms with Gasteiger partial charge in [-0.15, -0.1) is 0 Å². The van der Waals surface area contributed by atoms with Crippen LogP contribution in [-0.2, 0) is 13.6 Å². The summed E-state index contributed by atoms with van der Waals surface area (Å²) in [6.07, 6.45) is 2.02. The van der Waals surface area contributed by atoms with Crippen molar-refractivity contribution in [1.82, 2.24) is 9.78 Å². The fourth-order valence-electron chi connectivity index (χ4n) is 1.79. The third-order valence-electron chi connectivity index (χ3n) is 2.71. The summed E-state index contributed by atoms with van der Waals surface area (Å²) in [5, 5.41) is 8.39. The molecule has 1 N–H and O–H groups in total. The van der Waals surface area contributed by atoms with Gasteiger partial charge in [-0.05, 0) is 31.5 Å². The van der Waals surface area contributed by atoms with Gasteiger partial charge < -0.3 is 5.32 Å². The van der Waals surface area contributed by atoms with Gasteiger partial charge in [-0.2, -0.15) is 5.10 Å². The Hall–Kier alpha value is -1.48. The van der Waals surface area contributed by atoms with Crippen LogP contribution >= 0.6 is 11.6 Å². The van der Waals surface area contributed by atoms with Crippen LogP contribution in [0.1, 0.15) is 16.8 Å². The lowest BCUT2D eigenvalue weighted by Crippen LogP contribution is -2.00. The number of halogens is 1. The number of benzene rings is 1. The monoisotopic (exact) mass is 249 g/mol. The van der Waals surface area contributed by atoms with Crippen LogP contribution in [0.25, 0.3) is 0 Å². The molecule has 0 aliphatic carbocycles. The van der Waals surface area contributed by atoms with E-state index in [0.29, 0.717) is 0 Å². The van der Waals surface area contributed by atoms with Crippen LogP contribution in [0.5, 0.6) is 0 Å². The number of hydrogen-bond donors (Lipinski definition) is 1. The Bertz CT molecular complexity index is 531. The fourth-order valence-corrected chi connectivity index (χ4v) is 1.97. The molecule has 0 atom stereocenters. The van der Waals surface area contributed by atoms with E-state index in [1.54, 1.807) is 0 Å². The number of anilines is 1. The SMILES string of the molecule is Cc1ccc(Cl)c(NCc2cn(C)nc2C)c1. The summed E-state index contributed by atoms with van der Waals surface area (Å²) in [4.78, 5) is 0. The van der Waals surface area contributed by atoms with Crippen LogP contribution in [0, 0.1) is 13.8 Å². The summed E-state index contributed by atoms with van der Waals surface area (Å²) < 4.78 is 1.82. The number of rotatable bonds is 3. The molecule has 0 saturated carbocycles. The molecule has 0 amide bonds. The predicted octanol–water partition coefficient (Wildman–Crippen LogP) is 3.30. The highest BCUT2D eigenvalue weighted by molar-refractivity contribution is 6.33. The minimum Gasteiger partial charge on any atom is -0.380 e. The minimum atomic E-state index is 0.739. The molecular formula is C13H16ClN3. The summed E-state index contributed by atoms with van der Waals surface area (Å²) in [6.45, 7) is 4.80. The number of aromatic nitrogens is 2. The Morgan fingerprint density at radius 2 is 2.12 bits per heavy atom. The topological polar surface area (TPSA) is 29.9 Å². The van der Waals surface area contributed by atoms with Crippen molar-refractivity contribution in [3.63, 3.8) is 0 Å². The number of nitrogens with zero attached hydrogens (tertiary/aromatic N) is 2. The zero-order valence-electron chi connectivity index (χ0n) is 10.3. The summed E-state index contributed by atoms with van der Waals surface area (Å²) in [7, 11) is 1.93. The Balaban J connectivity index is 2.12. The zero-order valence-corrected chi connectivity index (χ0v) is 11.0. The van der Waals surface area contributed by atoms with Crippen molar-refractivity contribution in [2.75, 3.05) is 5.32 Å². The minimum absolute atomic E-state index is 0.739. The van der Waals surface area contributed by atoms with Gasteiger partial charge in [0.1, 0.15) is 0 Å². The van der Waals surface area contributed by atoms with Crippen LogP contribution in [-0.4, -0.2) is 9.78 Å². The van der Waals surface area contributed by atoms with E-state index in [9.17, 15) is 0 Å². The van der Waals surface area contributed by atoms with E-state index in [1.807, 2.05) is 43.0 Å². The second-order valence-corrected chi connectivity index (χ2v) is 4.66. The number of hydrogen-bond acceptors (Lipinski definition) is 2. The van der Waals surface area contributed by atoms with E-state index in [-0.39, 0.29) is 0 Å². The average molecular weight is 250 g/mol. The van der Waals surface area contributed by atoms with Gasteiger partial charge in [0.2, 0.25) is 0 Å². The lowest BCUT2D eigenvalue weighted by Gasteiger charge is -2.08. The normalized spacial score (nSPS) is 10.6. The summed E-state index contributed by atoms with van der Waals surface area (Å²) >= 11 is 6.12. The molecule has 0 saturated heterocycles. The maximum absolute atomic E-state index is 6.12. The van der Waals surface area contributed by atoms with Crippen LogP contribution < -0.4 is 5.32 Å². The van der Waals surface area contributed by atoms with E-state index in [1.165, 1.54) is 11.1 Å². The first-order chi connectivity index (χ1) is 8.06. The van der Waals surface area contributed by atoms with Crippen LogP contribution in [0.3, 0.4) is 0 Å². The third kappa shape index (κ3) is 2.80. The van der Waals surface area contributed by atoms with Gasteiger partial charge in [-0.25, -0.2) is 0 Å². The molecule has 3 nitrogen and oxygen atoms in total. The van der Waals surface area contributed by atoms with Gasteiger partial charge in [0.25, 0.3) is 0 Å². The predicted molar refractivity (Wildman–Crippen MR) is 71.5 cm³/mol. The zero-order chi connectivity index (χ0) is 12.4. The van der Waals surface area contributed by atoms with Gasteiger partial charge in [0.15, 0.2) is 0 Å². The standard InChI is InChI=1S/C13H16ClN3/c1-9-4-5-12(14)13(6-9)15-7-11-8-17(3)16-10(11)2/h4-6,8,15H,7H2,1-3H3. The molecule has 1 aromatic heterocycles. The van der Waals surface area contributed by atoms with Crippen LogP contribution in [0.15, 0.2) is 24.4 Å². The highest BCUT2D eigenvalue weighted by Gasteiger charge is 2.04. The highest BCUT2D eigenvalue weighted by atomic mass is 35.5. The largest absolute Gasteiger partial charge is 0.380 e. The Morgan fingerprint density at radius 1 is 1.35 bits per heavy atom. The maximum Gasteiger partial charge on any atom is 0.0643 e. The molecule has 1 heterocycles. The van der Waals surface area contributed by atoms with Crippen molar-refractivity contribution in [2.45, 2.75) is 20.4 Å². The van der Waals surface area contributed by atoms with Crippen LogP contribution in [0.2, 0.25) is 5.02 Å². The fraction of sp³-hybridized carbons (Fsp3) is 0.308. The molecule has 0 bridgehead atoms. The third-order valence-corrected chi connectivity index (χ3v) is 3.04. The molecule has 90 valence electrons. The summed E-state index contributed by atoms with van der Waals surface area (Å²) in [6, 6.07) is 5.96. The molecule has 0 fully saturated rings. The molecule has 0 aliphatic heterocycles. The molecule has 0 aliphatic rings. The van der Waals surface area contributed by atoms with E-state index in [4.69, 9.17) is 11.6 Å². The molecule has 0 radical (unpaired) electrons. The van der Waals surface area contributed by atoms with E-state index < -0.39 is 0 Å². The Labute approximate surface area is 106 Å². The lowest BCUT2D eigenvalue weighted by atomic mass is 10.2. The molecule has 1 aromatic carbocycles. The van der Waals surface area contributed by atoms with Crippen molar-refractivity contribution in [3.05, 3.63) is 46.2 Å². The molecule has 0 spiro atoms. The molecule has 2 rings (SSSR count). The van der Waals surface area contributed by atoms with Gasteiger partial charge >= 0.3 is 0 Å². The van der Waals surface area contributed by atoms with Crippen molar-refractivity contribution in [2.24, 2.45) is 7.05 Å². The molecule has 0 unspecified atom stereocenters. The van der Waals surface area contributed by atoms with Crippen molar-refractivity contribution < 1.29 is 0 Å². The van der Waals surface area contributed by atoms with Crippen molar-refractivity contribution in [1.29, 1.82) is 0 Å². The van der Waals surface area contributed by atoms with E-state index in [2.05, 4.69) is 17.3 Å². The van der Waals surface area contributed by atoms with E-state index in [0.717, 1.165) is 22.9 Å². The first-order valence-electron chi connectivity index (χ1n) is 5.55.